The number of anilines is 1. The molecule has 0 unspecified atom stereocenters. The molecular weight excluding hydrogens is 326 g/mol. The van der Waals surface area contributed by atoms with E-state index in [0.29, 0.717) is 22.8 Å². The van der Waals surface area contributed by atoms with Gasteiger partial charge in [0.05, 0.1) is 25.3 Å². The fourth-order valence-corrected chi connectivity index (χ4v) is 2.46. The van der Waals surface area contributed by atoms with Crippen LogP contribution in [0.5, 0.6) is 11.5 Å². The van der Waals surface area contributed by atoms with Gasteiger partial charge >= 0.3 is 6.01 Å². The summed E-state index contributed by atoms with van der Waals surface area (Å²) in [6.45, 7) is 3.62. The molecule has 0 radical (unpaired) electrons. The highest BCUT2D eigenvalue weighted by molar-refractivity contribution is 6.05. The number of hydrogen-bond acceptors (Lipinski definition) is 7. The summed E-state index contributed by atoms with van der Waals surface area (Å²) in [5, 5.41) is 10.3. The number of carbonyl (C=O) groups is 1. The summed E-state index contributed by atoms with van der Waals surface area (Å²) < 4.78 is 21.4. The van der Waals surface area contributed by atoms with E-state index in [-0.39, 0.29) is 17.5 Å². The molecule has 3 rings (SSSR count). The predicted molar refractivity (Wildman–Crippen MR) is 89.0 cm³/mol. The maximum Gasteiger partial charge on any atom is 0.322 e. The predicted octanol–water partition coefficient (Wildman–Crippen LogP) is 3.22. The van der Waals surface area contributed by atoms with Gasteiger partial charge in [0.2, 0.25) is 0 Å². The highest BCUT2D eigenvalue weighted by atomic mass is 16.5. The SMILES string of the molecule is COc1cccc(C(=O)Nc2nnc(-c3cc(C)oc3C)o2)c1OC. The maximum atomic E-state index is 12.5. The number of aromatic nitrogens is 2. The average molecular weight is 343 g/mol. The summed E-state index contributed by atoms with van der Waals surface area (Å²) in [6.07, 6.45) is 0. The second kappa shape index (κ2) is 6.68. The highest BCUT2D eigenvalue weighted by Crippen LogP contribution is 2.31. The molecule has 0 aliphatic carbocycles. The van der Waals surface area contributed by atoms with Gasteiger partial charge in [0.1, 0.15) is 11.5 Å². The number of aryl methyl sites for hydroxylation is 2. The van der Waals surface area contributed by atoms with Crippen LogP contribution in [0.4, 0.5) is 6.01 Å². The fourth-order valence-electron chi connectivity index (χ4n) is 2.46. The third-order valence-corrected chi connectivity index (χ3v) is 3.56. The lowest BCUT2D eigenvalue weighted by molar-refractivity contribution is 0.102. The quantitative estimate of drug-likeness (QED) is 0.759. The zero-order valence-electron chi connectivity index (χ0n) is 14.2. The Bertz CT molecular complexity index is 913. The number of carbonyl (C=O) groups excluding carboxylic acids is 1. The van der Waals surface area contributed by atoms with Gasteiger partial charge in [-0.25, -0.2) is 0 Å². The van der Waals surface area contributed by atoms with Crippen molar-refractivity contribution in [2.75, 3.05) is 19.5 Å². The average Bonchev–Trinajstić information content (AvgIpc) is 3.19. The highest BCUT2D eigenvalue weighted by Gasteiger charge is 2.20. The first-order valence-corrected chi connectivity index (χ1v) is 7.46. The zero-order chi connectivity index (χ0) is 18.0. The van der Waals surface area contributed by atoms with E-state index in [0.717, 1.165) is 5.76 Å². The first kappa shape index (κ1) is 16.6. The summed E-state index contributed by atoms with van der Waals surface area (Å²) in [5.41, 5.74) is 0.974. The number of rotatable bonds is 5. The van der Waals surface area contributed by atoms with E-state index in [1.54, 1.807) is 31.2 Å². The van der Waals surface area contributed by atoms with Crippen LogP contribution in [0.25, 0.3) is 11.5 Å². The minimum Gasteiger partial charge on any atom is -0.493 e. The Morgan fingerprint density at radius 1 is 1.12 bits per heavy atom. The zero-order valence-corrected chi connectivity index (χ0v) is 14.2. The molecule has 3 aromatic rings. The van der Waals surface area contributed by atoms with Crippen LogP contribution in [0.2, 0.25) is 0 Å². The molecule has 130 valence electrons. The number of para-hydroxylation sites is 1. The molecule has 0 aliphatic heterocycles. The number of amides is 1. The Balaban J connectivity index is 1.84. The van der Waals surface area contributed by atoms with E-state index in [1.807, 2.05) is 6.92 Å². The van der Waals surface area contributed by atoms with Crippen molar-refractivity contribution < 1.29 is 23.1 Å². The molecule has 0 atom stereocenters. The van der Waals surface area contributed by atoms with Gasteiger partial charge < -0.3 is 18.3 Å². The van der Waals surface area contributed by atoms with Crippen LogP contribution in [0.15, 0.2) is 33.1 Å². The second-order valence-electron chi connectivity index (χ2n) is 5.23. The Labute approximate surface area is 143 Å². The van der Waals surface area contributed by atoms with Gasteiger partial charge in [-0.1, -0.05) is 11.2 Å². The van der Waals surface area contributed by atoms with E-state index >= 15 is 0 Å². The minimum absolute atomic E-state index is 0.0249. The fraction of sp³-hybridized carbons (Fsp3) is 0.235. The number of nitrogens with one attached hydrogen (secondary N) is 1. The number of methoxy groups -OCH3 is 2. The molecule has 8 heteroatoms. The molecule has 0 saturated heterocycles. The van der Waals surface area contributed by atoms with Gasteiger partial charge in [0, 0.05) is 0 Å². The lowest BCUT2D eigenvalue weighted by atomic mass is 10.1. The number of nitrogens with zero attached hydrogens (tertiary/aromatic N) is 2. The molecule has 2 heterocycles. The van der Waals surface area contributed by atoms with E-state index < -0.39 is 5.91 Å². The largest absolute Gasteiger partial charge is 0.493 e. The molecule has 0 bridgehead atoms. The number of hydrogen-bond donors (Lipinski definition) is 1. The lowest BCUT2D eigenvalue weighted by Gasteiger charge is -2.11. The van der Waals surface area contributed by atoms with Crippen LogP contribution in [0.1, 0.15) is 21.9 Å². The lowest BCUT2D eigenvalue weighted by Crippen LogP contribution is -2.13. The van der Waals surface area contributed by atoms with Crippen molar-refractivity contribution in [2.45, 2.75) is 13.8 Å². The third kappa shape index (κ3) is 3.18. The third-order valence-electron chi connectivity index (χ3n) is 3.56. The van der Waals surface area contributed by atoms with Crippen molar-refractivity contribution >= 4 is 11.9 Å². The van der Waals surface area contributed by atoms with E-state index in [2.05, 4.69) is 15.5 Å². The monoisotopic (exact) mass is 343 g/mol. The Hall–Kier alpha value is -3.29. The molecule has 25 heavy (non-hydrogen) atoms. The Morgan fingerprint density at radius 2 is 1.92 bits per heavy atom. The molecule has 0 fully saturated rings. The van der Waals surface area contributed by atoms with Gasteiger partial charge in [0.25, 0.3) is 11.8 Å². The molecule has 0 aliphatic rings. The van der Waals surface area contributed by atoms with E-state index in [1.165, 1.54) is 14.2 Å². The van der Waals surface area contributed by atoms with E-state index in [9.17, 15) is 4.79 Å². The molecule has 2 aromatic heterocycles. The van der Waals surface area contributed by atoms with Gasteiger partial charge in [-0.05, 0) is 32.0 Å². The smallest absolute Gasteiger partial charge is 0.322 e. The molecule has 1 N–H and O–H groups in total. The topological polar surface area (TPSA) is 99.6 Å². The summed E-state index contributed by atoms with van der Waals surface area (Å²) >= 11 is 0. The number of furan rings is 1. The first-order valence-electron chi connectivity index (χ1n) is 7.46. The van der Waals surface area contributed by atoms with Crippen molar-refractivity contribution in [3.05, 3.63) is 41.3 Å². The normalized spacial score (nSPS) is 10.6. The second-order valence-corrected chi connectivity index (χ2v) is 5.23. The van der Waals surface area contributed by atoms with Crippen molar-refractivity contribution in [3.63, 3.8) is 0 Å². The standard InChI is InChI=1S/C17H17N3O5/c1-9-8-12(10(2)24-9)16-19-20-17(25-16)18-15(21)11-6-5-7-13(22-3)14(11)23-4/h5-8H,1-4H3,(H,18,20,21). The molecule has 1 aromatic carbocycles. The molecular formula is C17H17N3O5. The van der Waals surface area contributed by atoms with Gasteiger partial charge in [0.15, 0.2) is 11.5 Å². The van der Waals surface area contributed by atoms with Crippen molar-refractivity contribution in [1.29, 1.82) is 0 Å². The molecule has 0 saturated carbocycles. The number of ether oxygens (including phenoxy) is 2. The Morgan fingerprint density at radius 3 is 2.56 bits per heavy atom. The van der Waals surface area contributed by atoms with Crippen LogP contribution in [-0.4, -0.2) is 30.3 Å². The van der Waals surface area contributed by atoms with Crippen LogP contribution < -0.4 is 14.8 Å². The Kier molecular flexibility index (Phi) is 4.42. The van der Waals surface area contributed by atoms with E-state index in [4.69, 9.17) is 18.3 Å². The molecule has 1 amide bonds. The number of benzene rings is 1. The van der Waals surface area contributed by atoms with Crippen LogP contribution in [0.3, 0.4) is 0 Å². The summed E-state index contributed by atoms with van der Waals surface area (Å²) in [7, 11) is 2.96. The van der Waals surface area contributed by atoms with Crippen molar-refractivity contribution in [3.8, 4) is 23.0 Å². The van der Waals surface area contributed by atoms with Crippen LogP contribution >= 0.6 is 0 Å². The molecule has 8 nitrogen and oxygen atoms in total. The summed E-state index contributed by atoms with van der Waals surface area (Å²) in [5.74, 6) is 1.98. The molecule has 0 spiro atoms. The van der Waals surface area contributed by atoms with Gasteiger partial charge in [-0.3, -0.25) is 10.1 Å². The summed E-state index contributed by atoms with van der Waals surface area (Å²) in [4.78, 5) is 12.5. The van der Waals surface area contributed by atoms with Gasteiger partial charge in [-0.2, -0.15) is 0 Å². The maximum absolute atomic E-state index is 12.5. The van der Waals surface area contributed by atoms with Gasteiger partial charge in [-0.15, -0.1) is 5.10 Å². The summed E-state index contributed by atoms with van der Waals surface area (Å²) in [6, 6.07) is 6.76. The van der Waals surface area contributed by atoms with Crippen molar-refractivity contribution in [2.24, 2.45) is 0 Å². The van der Waals surface area contributed by atoms with Crippen LogP contribution in [-0.2, 0) is 0 Å². The van der Waals surface area contributed by atoms with Crippen molar-refractivity contribution in [1.82, 2.24) is 10.2 Å². The minimum atomic E-state index is -0.453. The first-order chi connectivity index (χ1) is 12.0. The van der Waals surface area contributed by atoms with Crippen LogP contribution in [0, 0.1) is 13.8 Å².